The van der Waals surface area contributed by atoms with Gasteiger partial charge in [-0.1, -0.05) is 30.3 Å². The predicted octanol–water partition coefficient (Wildman–Crippen LogP) is 1.87. The molecule has 2 aliphatic heterocycles. The highest BCUT2D eigenvalue weighted by atomic mass is 15.2. The molecule has 2 fully saturated rings. The molecule has 2 heterocycles. The monoisotopic (exact) mass is 216 g/mol. The summed E-state index contributed by atoms with van der Waals surface area (Å²) in [6, 6.07) is 11.6. The Hall–Kier alpha value is -0.860. The van der Waals surface area contributed by atoms with Gasteiger partial charge in [0.15, 0.2) is 0 Å². The Morgan fingerprint density at radius 3 is 2.94 bits per heavy atom. The second kappa shape index (κ2) is 4.56. The van der Waals surface area contributed by atoms with Crippen molar-refractivity contribution in [3.8, 4) is 0 Å². The number of fused-ring (bicyclic) bond motifs is 1. The first-order chi connectivity index (χ1) is 7.92. The summed E-state index contributed by atoms with van der Waals surface area (Å²) in [5.74, 6) is 0.951. The van der Waals surface area contributed by atoms with E-state index in [1.807, 2.05) is 0 Å². The van der Waals surface area contributed by atoms with E-state index < -0.39 is 0 Å². The molecule has 0 radical (unpaired) electrons. The van der Waals surface area contributed by atoms with Gasteiger partial charge in [-0.05, 0) is 37.4 Å². The lowest BCUT2D eigenvalue weighted by molar-refractivity contribution is 0.159. The molecule has 2 aliphatic rings. The molecule has 0 unspecified atom stereocenters. The van der Waals surface area contributed by atoms with Gasteiger partial charge in [0, 0.05) is 19.1 Å². The van der Waals surface area contributed by atoms with Crippen LogP contribution in [0.2, 0.25) is 0 Å². The standard InChI is InChI=1S/C14H20N2/c1-2-4-12(5-3-1)10-16-9-7-13-6-8-15-14(13)11-16/h1-5,13-15H,6-11H2/t13-,14+/m0/s1. The summed E-state index contributed by atoms with van der Waals surface area (Å²) in [5, 5.41) is 3.63. The summed E-state index contributed by atoms with van der Waals surface area (Å²) in [6.07, 6.45) is 2.77. The van der Waals surface area contributed by atoms with Crippen LogP contribution in [-0.2, 0) is 6.54 Å². The maximum atomic E-state index is 3.63. The van der Waals surface area contributed by atoms with Gasteiger partial charge in [-0.25, -0.2) is 0 Å². The minimum atomic E-state index is 0.762. The molecule has 0 aromatic heterocycles. The fourth-order valence-corrected chi connectivity index (χ4v) is 3.08. The molecule has 0 bridgehead atoms. The topological polar surface area (TPSA) is 15.3 Å². The summed E-state index contributed by atoms with van der Waals surface area (Å²) in [7, 11) is 0. The molecule has 2 nitrogen and oxygen atoms in total. The number of rotatable bonds is 2. The second-order valence-corrected chi connectivity index (χ2v) is 5.12. The lowest BCUT2D eigenvalue weighted by atomic mass is 9.92. The van der Waals surface area contributed by atoms with Gasteiger partial charge in [0.05, 0.1) is 0 Å². The summed E-state index contributed by atoms with van der Waals surface area (Å²) in [5.41, 5.74) is 1.44. The first kappa shape index (κ1) is 10.3. The number of benzene rings is 1. The van der Waals surface area contributed by atoms with E-state index in [9.17, 15) is 0 Å². The van der Waals surface area contributed by atoms with Gasteiger partial charge in [0.25, 0.3) is 0 Å². The fraction of sp³-hybridized carbons (Fsp3) is 0.571. The highest BCUT2D eigenvalue weighted by molar-refractivity contribution is 5.14. The molecule has 0 spiro atoms. The van der Waals surface area contributed by atoms with Crippen molar-refractivity contribution in [3.63, 3.8) is 0 Å². The number of nitrogens with one attached hydrogen (secondary N) is 1. The highest BCUT2D eigenvalue weighted by Gasteiger charge is 2.32. The summed E-state index contributed by atoms with van der Waals surface area (Å²) in [4.78, 5) is 2.59. The van der Waals surface area contributed by atoms with Crippen molar-refractivity contribution in [1.82, 2.24) is 10.2 Å². The van der Waals surface area contributed by atoms with Crippen LogP contribution >= 0.6 is 0 Å². The number of piperidine rings is 1. The molecule has 2 heteroatoms. The zero-order chi connectivity index (χ0) is 10.8. The van der Waals surface area contributed by atoms with Gasteiger partial charge in [-0.3, -0.25) is 4.90 Å². The number of likely N-dealkylation sites (tertiary alicyclic amines) is 1. The highest BCUT2D eigenvalue weighted by Crippen LogP contribution is 2.25. The Morgan fingerprint density at radius 2 is 2.06 bits per heavy atom. The molecule has 0 aliphatic carbocycles. The Labute approximate surface area is 97.6 Å². The normalized spacial score (nSPS) is 30.2. The maximum absolute atomic E-state index is 3.63. The van der Waals surface area contributed by atoms with E-state index in [0.717, 1.165) is 18.5 Å². The number of nitrogens with zero attached hydrogens (tertiary/aromatic N) is 1. The molecule has 1 aromatic rings. The average Bonchev–Trinajstić information content (AvgIpc) is 2.77. The number of hydrogen-bond acceptors (Lipinski definition) is 2. The van der Waals surface area contributed by atoms with Crippen molar-refractivity contribution in [2.24, 2.45) is 5.92 Å². The van der Waals surface area contributed by atoms with Crippen LogP contribution in [0.4, 0.5) is 0 Å². The third-order valence-electron chi connectivity index (χ3n) is 4.01. The van der Waals surface area contributed by atoms with Crippen LogP contribution in [0.1, 0.15) is 18.4 Å². The minimum absolute atomic E-state index is 0.762. The molecule has 2 saturated heterocycles. The van der Waals surface area contributed by atoms with Gasteiger partial charge < -0.3 is 5.32 Å². The van der Waals surface area contributed by atoms with Gasteiger partial charge in [0.1, 0.15) is 0 Å². The van der Waals surface area contributed by atoms with Crippen molar-refractivity contribution >= 4 is 0 Å². The molecular formula is C14H20N2. The van der Waals surface area contributed by atoms with Crippen LogP contribution < -0.4 is 5.32 Å². The van der Waals surface area contributed by atoms with E-state index in [1.165, 1.54) is 38.0 Å². The van der Waals surface area contributed by atoms with Crippen LogP contribution in [0, 0.1) is 5.92 Å². The molecule has 0 saturated carbocycles. The van der Waals surface area contributed by atoms with Crippen molar-refractivity contribution < 1.29 is 0 Å². The maximum Gasteiger partial charge on any atom is 0.0234 e. The molecule has 86 valence electrons. The van der Waals surface area contributed by atoms with E-state index in [4.69, 9.17) is 0 Å². The van der Waals surface area contributed by atoms with Gasteiger partial charge in [-0.2, -0.15) is 0 Å². The first-order valence-corrected chi connectivity index (χ1v) is 6.41. The van der Waals surface area contributed by atoms with Crippen molar-refractivity contribution in [3.05, 3.63) is 35.9 Å². The van der Waals surface area contributed by atoms with E-state index in [1.54, 1.807) is 0 Å². The zero-order valence-electron chi connectivity index (χ0n) is 9.73. The third kappa shape index (κ3) is 2.13. The van der Waals surface area contributed by atoms with Crippen LogP contribution in [0.25, 0.3) is 0 Å². The van der Waals surface area contributed by atoms with Gasteiger partial charge in [0.2, 0.25) is 0 Å². The van der Waals surface area contributed by atoms with E-state index in [2.05, 4.69) is 40.5 Å². The summed E-state index contributed by atoms with van der Waals surface area (Å²) in [6.45, 7) is 4.86. The zero-order valence-corrected chi connectivity index (χ0v) is 9.73. The third-order valence-corrected chi connectivity index (χ3v) is 4.01. The Morgan fingerprint density at radius 1 is 1.19 bits per heavy atom. The lowest BCUT2D eigenvalue weighted by Gasteiger charge is -2.34. The largest absolute Gasteiger partial charge is 0.312 e. The second-order valence-electron chi connectivity index (χ2n) is 5.12. The molecular weight excluding hydrogens is 196 g/mol. The van der Waals surface area contributed by atoms with E-state index in [0.29, 0.717) is 0 Å². The van der Waals surface area contributed by atoms with E-state index in [-0.39, 0.29) is 0 Å². The molecule has 3 rings (SSSR count). The molecule has 1 aromatic carbocycles. The Bertz CT molecular complexity index is 336. The van der Waals surface area contributed by atoms with Crippen LogP contribution in [0.3, 0.4) is 0 Å². The van der Waals surface area contributed by atoms with Crippen molar-refractivity contribution in [2.75, 3.05) is 19.6 Å². The smallest absolute Gasteiger partial charge is 0.0234 e. The number of hydrogen-bond donors (Lipinski definition) is 1. The van der Waals surface area contributed by atoms with E-state index >= 15 is 0 Å². The Kier molecular flexibility index (Phi) is 2.94. The Balaban J connectivity index is 1.60. The lowest BCUT2D eigenvalue weighted by Crippen LogP contribution is -2.45. The SMILES string of the molecule is c1ccc(CN2CC[C@@H]3CCN[C@@H]3C2)cc1. The summed E-state index contributed by atoms with van der Waals surface area (Å²) >= 11 is 0. The molecule has 0 amide bonds. The average molecular weight is 216 g/mol. The molecule has 2 atom stereocenters. The first-order valence-electron chi connectivity index (χ1n) is 6.41. The van der Waals surface area contributed by atoms with Crippen molar-refractivity contribution in [2.45, 2.75) is 25.4 Å². The predicted molar refractivity (Wildman–Crippen MR) is 66.2 cm³/mol. The van der Waals surface area contributed by atoms with Crippen molar-refractivity contribution in [1.29, 1.82) is 0 Å². The van der Waals surface area contributed by atoms with Crippen LogP contribution in [-0.4, -0.2) is 30.6 Å². The molecule has 16 heavy (non-hydrogen) atoms. The molecule has 1 N–H and O–H groups in total. The summed E-state index contributed by atoms with van der Waals surface area (Å²) < 4.78 is 0. The van der Waals surface area contributed by atoms with Gasteiger partial charge in [-0.15, -0.1) is 0 Å². The minimum Gasteiger partial charge on any atom is -0.312 e. The fourth-order valence-electron chi connectivity index (χ4n) is 3.08. The van der Waals surface area contributed by atoms with Gasteiger partial charge >= 0.3 is 0 Å². The van der Waals surface area contributed by atoms with Crippen LogP contribution in [0.15, 0.2) is 30.3 Å². The van der Waals surface area contributed by atoms with Crippen LogP contribution in [0.5, 0.6) is 0 Å². The quantitative estimate of drug-likeness (QED) is 0.812.